The molecule has 0 spiro atoms. The fraction of sp³-hybridized carbons (Fsp3) is 0.556. The van der Waals surface area contributed by atoms with Crippen molar-refractivity contribution >= 4 is 23.4 Å². The summed E-state index contributed by atoms with van der Waals surface area (Å²) in [6.45, 7) is 7.41. The molecule has 6 nitrogen and oxygen atoms in total. The standard InChI is InChI=1S/C18H27ClN4O2/c1-2-6-20-17(24)12-21-18(25)14-23-9-7-22(8-10-23)13-15-4-3-5-16(19)11-15/h3-5,11H,2,6-10,12-14H2,1H3,(H,20,24)(H,21,25). The molecule has 2 rings (SSSR count). The van der Waals surface area contributed by atoms with Crippen LogP contribution in [0, 0.1) is 0 Å². The molecule has 1 fully saturated rings. The van der Waals surface area contributed by atoms with Crippen molar-refractivity contribution < 1.29 is 9.59 Å². The number of nitrogens with zero attached hydrogens (tertiary/aromatic N) is 2. The molecule has 0 atom stereocenters. The lowest BCUT2D eigenvalue weighted by Gasteiger charge is -2.34. The SMILES string of the molecule is CCCNC(=O)CNC(=O)CN1CCN(Cc2cccc(Cl)c2)CC1. The van der Waals surface area contributed by atoms with Gasteiger partial charge in [-0.1, -0.05) is 30.7 Å². The van der Waals surface area contributed by atoms with E-state index in [1.54, 1.807) is 0 Å². The molecular weight excluding hydrogens is 340 g/mol. The maximum absolute atomic E-state index is 11.9. The number of hydrogen-bond acceptors (Lipinski definition) is 4. The highest BCUT2D eigenvalue weighted by molar-refractivity contribution is 6.30. The van der Waals surface area contributed by atoms with Crippen LogP contribution in [0.5, 0.6) is 0 Å². The summed E-state index contributed by atoms with van der Waals surface area (Å²) in [5.41, 5.74) is 1.21. The van der Waals surface area contributed by atoms with Crippen LogP contribution in [0.2, 0.25) is 5.02 Å². The number of carbonyl (C=O) groups is 2. The molecule has 25 heavy (non-hydrogen) atoms. The molecule has 2 amide bonds. The molecule has 0 bridgehead atoms. The minimum atomic E-state index is -0.137. The van der Waals surface area contributed by atoms with Gasteiger partial charge in [0.15, 0.2) is 0 Å². The lowest BCUT2D eigenvalue weighted by molar-refractivity contribution is -0.127. The van der Waals surface area contributed by atoms with Crippen molar-refractivity contribution in [1.82, 2.24) is 20.4 Å². The first-order chi connectivity index (χ1) is 12.1. The molecule has 1 aromatic rings. The molecule has 1 aliphatic heterocycles. The summed E-state index contributed by atoms with van der Waals surface area (Å²) in [5.74, 6) is -0.239. The fourth-order valence-corrected chi connectivity index (χ4v) is 2.98. The Kier molecular flexibility index (Phi) is 8.18. The first kappa shape index (κ1) is 19.7. The number of rotatable bonds is 8. The lowest BCUT2D eigenvalue weighted by atomic mass is 10.2. The van der Waals surface area contributed by atoms with Gasteiger partial charge in [0, 0.05) is 44.3 Å². The number of carbonyl (C=O) groups excluding carboxylic acids is 2. The Morgan fingerprint density at radius 2 is 1.80 bits per heavy atom. The van der Waals surface area contributed by atoms with E-state index in [9.17, 15) is 9.59 Å². The predicted octanol–water partition coefficient (Wildman–Crippen LogP) is 1.10. The van der Waals surface area contributed by atoms with Crippen LogP contribution < -0.4 is 10.6 Å². The summed E-state index contributed by atoms with van der Waals surface area (Å²) >= 11 is 6.02. The fourth-order valence-electron chi connectivity index (χ4n) is 2.76. The molecule has 1 heterocycles. The maximum atomic E-state index is 11.9. The highest BCUT2D eigenvalue weighted by Gasteiger charge is 2.19. The van der Waals surface area contributed by atoms with Crippen LogP contribution in [-0.2, 0) is 16.1 Å². The summed E-state index contributed by atoms with van der Waals surface area (Å²) in [5, 5.41) is 6.18. The Bertz CT molecular complexity index is 574. The van der Waals surface area contributed by atoms with Crippen molar-refractivity contribution in [3.63, 3.8) is 0 Å². The van der Waals surface area contributed by atoms with Gasteiger partial charge in [-0.25, -0.2) is 0 Å². The minimum Gasteiger partial charge on any atom is -0.355 e. The van der Waals surface area contributed by atoms with Gasteiger partial charge < -0.3 is 10.6 Å². The predicted molar refractivity (Wildman–Crippen MR) is 99.5 cm³/mol. The first-order valence-electron chi connectivity index (χ1n) is 8.79. The molecule has 2 N–H and O–H groups in total. The van der Waals surface area contributed by atoms with Gasteiger partial charge in [0.1, 0.15) is 0 Å². The molecule has 1 saturated heterocycles. The number of amides is 2. The molecular formula is C18H27ClN4O2. The molecule has 0 aromatic heterocycles. The van der Waals surface area contributed by atoms with Gasteiger partial charge in [-0.15, -0.1) is 0 Å². The monoisotopic (exact) mass is 366 g/mol. The second-order valence-corrected chi connectivity index (χ2v) is 6.75. The van der Waals surface area contributed by atoms with E-state index in [0.29, 0.717) is 13.1 Å². The van der Waals surface area contributed by atoms with E-state index in [1.807, 2.05) is 25.1 Å². The van der Waals surface area contributed by atoms with Crippen molar-refractivity contribution in [3.05, 3.63) is 34.9 Å². The minimum absolute atomic E-state index is 0.0492. The summed E-state index contributed by atoms with van der Waals surface area (Å²) in [6.07, 6.45) is 0.888. The Morgan fingerprint density at radius 1 is 1.08 bits per heavy atom. The number of hydrogen-bond donors (Lipinski definition) is 2. The van der Waals surface area contributed by atoms with Gasteiger partial charge >= 0.3 is 0 Å². The van der Waals surface area contributed by atoms with Gasteiger partial charge in [-0.05, 0) is 24.1 Å². The maximum Gasteiger partial charge on any atom is 0.239 e. The number of nitrogens with one attached hydrogen (secondary N) is 2. The highest BCUT2D eigenvalue weighted by Crippen LogP contribution is 2.13. The van der Waals surface area contributed by atoms with Crippen LogP contribution in [0.25, 0.3) is 0 Å². The van der Waals surface area contributed by atoms with Crippen molar-refractivity contribution in [2.24, 2.45) is 0 Å². The van der Waals surface area contributed by atoms with E-state index in [-0.39, 0.29) is 18.4 Å². The molecule has 1 aromatic carbocycles. The normalized spacial score (nSPS) is 15.8. The third-order valence-corrected chi connectivity index (χ3v) is 4.38. The van der Waals surface area contributed by atoms with Crippen molar-refractivity contribution in [2.75, 3.05) is 45.8 Å². The van der Waals surface area contributed by atoms with Crippen LogP contribution in [0.15, 0.2) is 24.3 Å². The second-order valence-electron chi connectivity index (χ2n) is 6.31. The third-order valence-electron chi connectivity index (χ3n) is 4.15. The average Bonchev–Trinajstić information content (AvgIpc) is 2.60. The summed E-state index contributed by atoms with van der Waals surface area (Å²) in [4.78, 5) is 27.9. The summed E-state index contributed by atoms with van der Waals surface area (Å²) in [6, 6.07) is 7.92. The Hall–Kier alpha value is -1.63. The smallest absolute Gasteiger partial charge is 0.239 e. The quantitative estimate of drug-likeness (QED) is 0.723. The first-order valence-corrected chi connectivity index (χ1v) is 9.17. The molecule has 1 aliphatic rings. The van der Waals surface area contributed by atoms with Crippen LogP contribution in [-0.4, -0.2) is 67.4 Å². The summed E-state index contributed by atoms with van der Waals surface area (Å²) in [7, 11) is 0. The largest absolute Gasteiger partial charge is 0.355 e. The second kappa shape index (κ2) is 10.4. The Morgan fingerprint density at radius 3 is 2.48 bits per heavy atom. The number of halogens is 1. The zero-order valence-corrected chi connectivity index (χ0v) is 15.5. The molecule has 0 aliphatic carbocycles. The molecule has 138 valence electrons. The lowest BCUT2D eigenvalue weighted by Crippen LogP contribution is -2.49. The molecule has 0 radical (unpaired) electrons. The van der Waals surface area contributed by atoms with Gasteiger partial charge in [0.2, 0.25) is 11.8 Å². The van der Waals surface area contributed by atoms with Gasteiger partial charge in [0.05, 0.1) is 13.1 Å². The van der Waals surface area contributed by atoms with Gasteiger partial charge in [-0.3, -0.25) is 19.4 Å². The zero-order valence-electron chi connectivity index (χ0n) is 14.8. The van der Waals surface area contributed by atoms with E-state index in [1.165, 1.54) is 5.56 Å². The molecule has 0 unspecified atom stereocenters. The van der Waals surface area contributed by atoms with Crippen LogP contribution >= 0.6 is 11.6 Å². The number of benzene rings is 1. The van der Waals surface area contributed by atoms with Crippen LogP contribution in [0.4, 0.5) is 0 Å². The van der Waals surface area contributed by atoms with Crippen molar-refractivity contribution in [1.29, 1.82) is 0 Å². The van der Waals surface area contributed by atoms with E-state index in [0.717, 1.165) is 44.2 Å². The van der Waals surface area contributed by atoms with Gasteiger partial charge in [0.25, 0.3) is 0 Å². The number of piperazine rings is 1. The Balaban J connectivity index is 1.64. The molecule has 0 saturated carbocycles. The van der Waals surface area contributed by atoms with Crippen LogP contribution in [0.1, 0.15) is 18.9 Å². The van der Waals surface area contributed by atoms with E-state index in [4.69, 9.17) is 11.6 Å². The van der Waals surface area contributed by atoms with Gasteiger partial charge in [-0.2, -0.15) is 0 Å². The third kappa shape index (κ3) is 7.42. The van der Waals surface area contributed by atoms with E-state index < -0.39 is 0 Å². The average molecular weight is 367 g/mol. The van der Waals surface area contributed by atoms with Crippen molar-refractivity contribution in [2.45, 2.75) is 19.9 Å². The highest BCUT2D eigenvalue weighted by atomic mass is 35.5. The summed E-state index contributed by atoms with van der Waals surface area (Å²) < 4.78 is 0. The van der Waals surface area contributed by atoms with E-state index in [2.05, 4.69) is 26.5 Å². The zero-order chi connectivity index (χ0) is 18.1. The topological polar surface area (TPSA) is 64.7 Å². The van der Waals surface area contributed by atoms with Crippen LogP contribution in [0.3, 0.4) is 0 Å². The van der Waals surface area contributed by atoms with E-state index >= 15 is 0 Å². The Labute approximate surface area is 154 Å². The molecule has 7 heteroatoms. The van der Waals surface area contributed by atoms with Crippen molar-refractivity contribution in [3.8, 4) is 0 Å².